The lowest BCUT2D eigenvalue weighted by Gasteiger charge is -2.28. The van der Waals surface area contributed by atoms with E-state index in [1.54, 1.807) is 0 Å². The van der Waals surface area contributed by atoms with Crippen LogP contribution in [0.15, 0.2) is 76.2 Å². The number of nitrogens with zero attached hydrogens (tertiary/aromatic N) is 2. The molecule has 30 heavy (non-hydrogen) atoms. The van der Waals surface area contributed by atoms with Gasteiger partial charge in [0, 0.05) is 28.6 Å². The second kappa shape index (κ2) is 10.4. The fraction of sp³-hybridized carbons (Fsp3) is 0.208. The number of aliphatic imine (C=N–C) groups is 1. The number of benzene rings is 3. The zero-order chi connectivity index (χ0) is 20.8. The summed E-state index contributed by atoms with van der Waals surface area (Å²) in [4.78, 5) is 6.94. The predicted octanol–water partition coefficient (Wildman–Crippen LogP) is 6.22. The van der Waals surface area contributed by atoms with Crippen LogP contribution in [0.2, 0.25) is 0 Å². The van der Waals surface area contributed by atoms with Gasteiger partial charge in [0.1, 0.15) is 12.4 Å². The summed E-state index contributed by atoms with van der Waals surface area (Å²) in [6.45, 7) is 4.00. The first-order valence-electron chi connectivity index (χ1n) is 9.81. The molecule has 3 aromatic rings. The fourth-order valence-corrected chi connectivity index (χ4v) is 4.05. The van der Waals surface area contributed by atoms with Crippen LogP contribution in [-0.4, -0.2) is 32.5 Å². The molecule has 0 unspecified atom stereocenters. The van der Waals surface area contributed by atoms with Crippen molar-refractivity contribution in [2.24, 2.45) is 4.99 Å². The number of morpholine rings is 1. The van der Waals surface area contributed by atoms with Crippen molar-refractivity contribution in [2.75, 3.05) is 31.2 Å². The van der Waals surface area contributed by atoms with E-state index in [0.717, 1.165) is 53.3 Å². The Morgan fingerprint density at radius 1 is 1.00 bits per heavy atom. The van der Waals surface area contributed by atoms with Gasteiger partial charge in [0.05, 0.1) is 23.4 Å². The Morgan fingerprint density at radius 3 is 2.43 bits per heavy atom. The van der Waals surface area contributed by atoms with Gasteiger partial charge in [-0.05, 0) is 104 Å². The lowest BCUT2D eigenvalue weighted by atomic mass is 10.2. The van der Waals surface area contributed by atoms with E-state index in [2.05, 4.69) is 96.9 Å². The molecule has 0 N–H and O–H groups in total. The van der Waals surface area contributed by atoms with E-state index in [9.17, 15) is 0 Å². The predicted molar refractivity (Wildman–Crippen MR) is 134 cm³/mol. The van der Waals surface area contributed by atoms with E-state index in [1.165, 1.54) is 9.26 Å². The maximum absolute atomic E-state index is 5.94. The highest BCUT2D eigenvalue weighted by Gasteiger charge is 2.10. The largest absolute Gasteiger partial charge is 0.488 e. The van der Waals surface area contributed by atoms with Gasteiger partial charge in [-0.15, -0.1) is 0 Å². The first-order chi connectivity index (χ1) is 14.7. The molecule has 0 aromatic heterocycles. The first kappa shape index (κ1) is 21.3. The highest BCUT2D eigenvalue weighted by molar-refractivity contribution is 14.1. The second-order valence-corrected chi connectivity index (χ2v) is 9.08. The van der Waals surface area contributed by atoms with Gasteiger partial charge in [0.15, 0.2) is 0 Å². The van der Waals surface area contributed by atoms with Gasteiger partial charge < -0.3 is 14.4 Å². The zero-order valence-corrected chi connectivity index (χ0v) is 20.2. The Bertz CT molecular complexity index is 1000. The molecule has 1 heterocycles. The second-order valence-electron chi connectivity index (χ2n) is 6.98. The number of anilines is 1. The highest BCUT2D eigenvalue weighted by atomic mass is 127. The average molecular weight is 577 g/mol. The standard InChI is InChI=1S/C24H22BrIN2O2/c25-23-15-19(3-10-24(23)30-17-18-1-4-20(26)5-2-18)16-27-21-6-8-22(9-7-21)28-11-13-29-14-12-28/h1-10,15-16H,11-14,17H2. The Balaban J connectivity index is 1.36. The van der Waals surface area contributed by atoms with E-state index in [-0.39, 0.29) is 0 Å². The van der Waals surface area contributed by atoms with Crippen LogP contribution in [0.4, 0.5) is 11.4 Å². The van der Waals surface area contributed by atoms with Crippen LogP contribution in [-0.2, 0) is 11.3 Å². The number of ether oxygens (including phenoxy) is 2. The minimum absolute atomic E-state index is 0.540. The molecule has 0 spiro atoms. The maximum Gasteiger partial charge on any atom is 0.134 e. The molecule has 1 saturated heterocycles. The molecule has 1 aliphatic heterocycles. The third kappa shape index (κ3) is 5.83. The molecule has 1 aliphatic rings. The molecule has 0 aliphatic carbocycles. The maximum atomic E-state index is 5.94. The Kier molecular flexibility index (Phi) is 7.41. The zero-order valence-electron chi connectivity index (χ0n) is 16.4. The number of hydrogen-bond donors (Lipinski definition) is 0. The van der Waals surface area contributed by atoms with Gasteiger partial charge in [0.25, 0.3) is 0 Å². The Hall–Kier alpha value is -1.90. The molecular weight excluding hydrogens is 555 g/mol. The van der Waals surface area contributed by atoms with Gasteiger partial charge in [0.2, 0.25) is 0 Å². The summed E-state index contributed by atoms with van der Waals surface area (Å²) in [5.41, 5.74) is 4.31. The van der Waals surface area contributed by atoms with Crippen LogP contribution >= 0.6 is 38.5 Å². The van der Waals surface area contributed by atoms with Crippen molar-refractivity contribution in [1.82, 2.24) is 0 Å². The molecule has 0 saturated carbocycles. The van der Waals surface area contributed by atoms with E-state index in [0.29, 0.717) is 6.61 Å². The molecule has 4 rings (SSSR count). The highest BCUT2D eigenvalue weighted by Crippen LogP contribution is 2.27. The first-order valence-corrected chi connectivity index (χ1v) is 11.7. The Labute approximate surface area is 199 Å². The van der Waals surface area contributed by atoms with Gasteiger partial charge in [-0.2, -0.15) is 0 Å². The molecule has 6 heteroatoms. The van der Waals surface area contributed by atoms with Crippen LogP contribution in [0.5, 0.6) is 5.75 Å². The van der Waals surface area contributed by atoms with E-state index in [4.69, 9.17) is 9.47 Å². The molecule has 0 atom stereocenters. The van der Waals surface area contributed by atoms with Crippen LogP contribution in [0.25, 0.3) is 0 Å². The van der Waals surface area contributed by atoms with Crippen LogP contribution in [0, 0.1) is 3.57 Å². The van der Waals surface area contributed by atoms with E-state index in [1.807, 2.05) is 24.4 Å². The van der Waals surface area contributed by atoms with Gasteiger partial charge in [-0.3, -0.25) is 4.99 Å². The lowest BCUT2D eigenvalue weighted by molar-refractivity contribution is 0.122. The molecule has 0 bridgehead atoms. The van der Waals surface area contributed by atoms with E-state index >= 15 is 0 Å². The van der Waals surface area contributed by atoms with Crippen molar-refractivity contribution in [3.8, 4) is 5.75 Å². The average Bonchev–Trinajstić information content (AvgIpc) is 2.79. The van der Waals surface area contributed by atoms with Crippen molar-refractivity contribution in [1.29, 1.82) is 0 Å². The topological polar surface area (TPSA) is 34.1 Å². The molecule has 154 valence electrons. The summed E-state index contributed by atoms with van der Waals surface area (Å²) in [6.07, 6.45) is 1.87. The number of rotatable bonds is 6. The molecule has 0 radical (unpaired) electrons. The van der Waals surface area contributed by atoms with Crippen LogP contribution in [0.1, 0.15) is 11.1 Å². The number of halogens is 2. The minimum Gasteiger partial charge on any atom is -0.488 e. The summed E-state index contributed by atoms with van der Waals surface area (Å²) in [6, 6.07) is 22.7. The lowest BCUT2D eigenvalue weighted by Crippen LogP contribution is -2.36. The quantitative estimate of drug-likeness (QED) is 0.258. The summed E-state index contributed by atoms with van der Waals surface area (Å²) in [7, 11) is 0. The van der Waals surface area contributed by atoms with Crippen molar-refractivity contribution < 1.29 is 9.47 Å². The summed E-state index contributed by atoms with van der Waals surface area (Å²) in [5, 5.41) is 0. The summed E-state index contributed by atoms with van der Waals surface area (Å²) in [5.74, 6) is 0.820. The van der Waals surface area contributed by atoms with Crippen LogP contribution in [0.3, 0.4) is 0 Å². The molecule has 1 fully saturated rings. The van der Waals surface area contributed by atoms with Crippen molar-refractivity contribution >= 4 is 56.1 Å². The third-order valence-electron chi connectivity index (χ3n) is 4.85. The third-order valence-corrected chi connectivity index (χ3v) is 6.19. The smallest absolute Gasteiger partial charge is 0.134 e. The minimum atomic E-state index is 0.540. The van der Waals surface area contributed by atoms with Gasteiger partial charge in [-0.25, -0.2) is 0 Å². The number of hydrogen-bond acceptors (Lipinski definition) is 4. The van der Waals surface area contributed by atoms with Gasteiger partial charge >= 0.3 is 0 Å². The molecule has 0 amide bonds. The fourth-order valence-electron chi connectivity index (χ4n) is 3.18. The normalized spacial score (nSPS) is 14.3. The van der Waals surface area contributed by atoms with Crippen molar-refractivity contribution in [3.05, 3.63) is 85.9 Å². The van der Waals surface area contributed by atoms with Crippen molar-refractivity contribution in [2.45, 2.75) is 6.61 Å². The van der Waals surface area contributed by atoms with Crippen LogP contribution < -0.4 is 9.64 Å². The monoisotopic (exact) mass is 576 g/mol. The molecular formula is C24H22BrIN2O2. The Morgan fingerprint density at radius 2 is 1.73 bits per heavy atom. The summed E-state index contributed by atoms with van der Waals surface area (Å²) >= 11 is 5.91. The van der Waals surface area contributed by atoms with Gasteiger partial charge in [-0.1, -0.05) is 12.1 Å². The SMILES string of the molecule is Brc1cc(C=Nc2ccc(N3CCOCC3)cc2)ccc1OCc1ccc(I)cc1. The summed E-state index contributed by atoms with van der Waals surface area (Å²) < 4.78 is 13.5. The molecule has 3 aromatic carbocycles. The molecule has 4 nitrogen and oxygen atoms in total. The van der Waals surface area contributed by atoms with E-state index < -0.39 is 0 Å². The van der Waals surface area contributed by atoms with Crippen molar-refractivity contribution in [3.63, 3.8) is 0 Å².